The van der Waals surface area contributed by atoms with E-state index in [1.54, 1.807) is 54.8 Å². The van der Waals surface area contributed by atoms with Crippen LogP contribution in [-0.4, -0.2) is 22.3 Å². The van der Waals surface area contributed by atoms with Crippen molar-refractivity contribution in [2.45, 2.75) is 17.7 Å². The van der Waals surface area contributed by atoms with Gasteiger partial charge in [0.2, 0.25) is 5.91 Å². The Labute approximate surface area is 142 Å². The van der Waals surface area contributed by atoms with Crippen molar-refractivity contribution in [3.05, 3.63) is 54.1 Å². The molecule has 1 fully saturated rings. The lowest BCUT2D eigenvalue weighted by Crippen LogP contribution is -2.15. The van der Waals surface area contributed by atoms with Crippen LogP contribution < -0.4 is 10.6 Å². The Balaban J connectivity index is 1.71. The molecule has 0 bridgehead atoms. The van der Waals surface area contributed by atoms with Gasteiger partial charge in [-0.05, 0) is 49.2 Å². The zero-order chi connectivity index (χ0) is 17.1. The van der Waals surface area contributed by atoms with Crippen molar-refractivity contribution in [3.63, 3.8) is 0 Å². The minimum Gasteiger partial charge on any atom is -0.326 e. The summed E-state index contributed by atoms with van der Waals surface area (Å²) in [5.74, 6) is -0.164. The molecule has 24 heavy (non-hydrogen) atoms. The summed E-state index contributed by atoms with van der Waals surface area (Å²) in [6, 6.07) is 13.8. The fourth-order valence-corrected chi connectivity index (χ4v) is 2.85. The minimum absolute atomic E-state index is 0.00526. The van der Waals surface area contributed by atoms with E-state index in [2.05, 4.69) is 10.6 Å². The van der Waals surface area contributed by atoms with E-state index in [4.69, 9.17) is 0 Å². The summed E-state index contributed by atoms with van der Waals surface area (Å²) >= 11 is 0. The van der Waals surface area contributed by atoms with Crippen molar-refractivity contribution in [3.8, 4) is 0 Å². The molecule has 1 aliphatic rings. The average molecular weight is 342 g/mol. The van der Waals surface area contributed by atoms with Crippen LogP contribution in [0.25, 0.3) is 0 Å². The van der Waals surface area contributed by atoms with Crippen LogP contribution in [0.2, 0.25) is 0 Å². The van der Waals surface area contributed by atoms with Crippen molar-refractivity contribution < 1.29 is 13.8 Å². The first-order valence-corrected chi connectivity index (χ1v) is 9.24. The molecular formula is C18H18N2O3S. The quantitative estimate of drug-likeness (QED) is 0.877. The van der Waals surface area contributed by atoms with Crippen molar-refractivity contribution >= 4 is 34.0 Å². The summed E-state index contributed by atoms with van der Waals surface area (Å²) in [5, 5.41) is 5.61. The maximum Gasteiger partial charge on any atom is 0.255 e. The van der Waals surface area contributed by atoms with Crippen LogP contribution in [-0.2, 0) is 15.6 Å². The van der Waals surface area contributed by atoms with E-state index in [9.17, 15) is 13.8 Å². The van der Waals surface area contributed by atoms with E-state index in [1.165, 1.54) is 0 Å². The van der Waals surface area contributed by atoms with Gasteiger partial charge in [-0.1, -0.05) is 12.1 Å². The molecule has 6 heteroatoms. The Morgan fingerprint density at radius 3 is 2.33 bits per heavy atom. The van der Waals surface area contributed by atoms with Gasteiger partial charge in [-0.25, -0.2) is 0 Å². The maximum absolute atomic E-state index is 12.4. The lowest BCUT2D eigenvalue weighted by molar-refractivity contribution is -0.117. The third-order valence-electron chi connectivity index (χ3n) is 3.76. The number of anilines is 2. The number of hydrogen-bond acceptors (Lipinski definition) is 3. The Hall–Kier alpha value is -2.47. The Morgan fingerprint density at radius 1 is 1.00 bits per heavy atom. The highest BCUT2D eigenvalue weighted by Gasteiger charge is 2.29. The van der Waals surface area contributed by atoms with Crippen molar-refractivity contribution in [2.24, 2.45) is 5.92 Å². The molecule has 0 unspecified atom stereocenters. The number of nitrogens with one attached hydrogen (secondary N) is 2. The summed E-state index contributed by atoms with van der Waals surface area (Å²) in [4.78, 5) is 24.8. The van der Waals surface area contributed by atoms with E-state index in [-0.39, 0.29) is 17.7 Å². The van der Waals surface area contributed by atoms with Crippen LogP contribution in [0.1, 0.15) is 23.2 Å². The van der Waals surface area contributed by atoms with Crippen LogP contribution in [0.15, 0.2) is 53.4 Å². The van der Waals surface area contributed by atoms with Crippen LogP contribution in [0, 0.1) is 5.92 Å². The fraction of sp³-hybridized carbons (Fsp3) is 0.222. The fourth-order valence-electron chi connectivity index (χ4n) is 2.28. The molecule has 2 aromatic rings. The third-order valence-corrected chi connectivity index (χ3v) is 4.68. The molecule has 2 N–H and O–H groups in total. The average Bonchev–Trinajstić information content (AvgIpc) is 3.40. The molecule has 0 saturated heterocycles. The van der Waals surface area contributed by atoms with Gasteiger partial charge in [-0.3, -0.25) is 13.8 Å². The maximum atomic E-state index is 12.4. The summed E-state index contributed by atoms with van der Waals surface area (Å²) in [5.41, 5.74) is 1.65. The molecule has 1 aliphatic carbocycles. The highest BCUT2D eigenvalue weighted by atomic mass is 32.2. The SMILES string of the molecule is C[S@](=O)c1cccc(NC(=O)c2cccc(NC(=O)C3CC3)c2)c1. The number of amides is 2. The van der Waals surface area contributed by atoms with Gasteiger partial charge in [0, 0.05) is 44.8 Å². The number of hydrogen-bond donors (Lipinski definition) is 2. The molecule has 1 atom stereocenters. The molecule has 124 valence electrons. The molecule has 5 nitrogen and oxygen atoms in total. The molecule has 0 aliphatic heterocycles. The minimum atomic E-state index is -1.11. The first-order chi connectivity index (χ1) is 11.5. The predicted molar refractivity (Wildman–Crippen MR) is 94.5 cm³/mol. The summed E-state index contributed by atoms with van der Waals surface area (Å²) < 4.78 is 11.5. The van der Waals surface area contributed by atoms with E-state index in [0.717, 1.165) is 12.8 Å². The van der Waals surface area contributed by atoms with Gasteiger partial charge in [-0.15, -0.1) is 0 Å². The lowest BCUT2D eigenvalue weighted by atomic mass is 10.1. The molecule has 0 radical (unpaired) electrons. The molecule has 2 amide bonds. The van der Waals surface area contributed by atoms with Gasteiger partial charge in [0.05, 0.1) is 0 Å². The molecule has 3 rings (SSSR count). The van der Waals surface area contributed by atoms with Gasteiger partial charge in [0.15, 0.2) is 0 Å². The molecule has 1 saturated carbocycles. The van der Waals surface area contributed by atoms with Gasteiger partial charge in [0.1, 0.15) is 0 Å². The van der Waals surface area contributed by atoms with E-state index >= 15 is 0 Å². The molecule has 0 spiro atoms. The Kier molecular flexibility index (Phi) is 4.76. The smallest absolute Gasteiger partial charge is 0.255 e. The van der Waals surface area contributed by atoms with Crippen LogP contribution in [0.5, 0.6) is 0 Å². The highest BCUT2D eigenvalue weighted by molar-refractivity contribution is 7.84. The molecular weight excluding hydrogens is 324 g/mol. The predicted octanol–water partition coefficient (Wildman–Crippen LogP) is 3.02. The zero-order valence-electron chi connectivity index (χ0n) is 13.2. The summed E-state index contributed by atoms with van der Waals surface area (Å²) in [6.45, 7) is 0. The number of carbonyl (C=O) groups is 2. The van der Waals surface area contributed by atoms with Gasteiger partial charge >= 0.3 is 0 Å². The summed E-state index contributed by atoms with van der Waals surface area (Å²) in [7, 11) is -1.11. The first kappa shape index (κ1) is 16.4. The molecule has 0 aromatic heterocycles. The monoisotopic (exact) mass is 342 g/mol. The van der Waals surface area contributed by atoms with E-state index in [0.29, 0.717) is 21.8 Å². The number of benzene rings is 2. The van der Waals surface area contributed by atoms with Gasteiger partial charge in [0.25, 0.3) is 5.91 Å². The zero-order valence-corrected chi connectivity index (χ0v) is 14.1. The van der Waals surface area contributed by atoms with Crippen LogP contribution in [0.3, 0.4) is 0 Å². The number of carbonyl (C=O) groups excluding carboxylic acids is 2. The van der Waals surface area contributed by atoms with Gasteiger partial charge in [-0.2, -0.15) is 0 Å². The Morgan fingerprint density at radius 2 is 1.67 bits per heavy atom. The van der Waals surface area contributed by atoms with Crippen LogP contribution in [0.4, 0.5) is 11.4 Å². The van der Waals surface area contributed by atoms with E-state index < -0.39 is 10.8 Å². The second-order valence-corrected chi connectivity index (χ2v) is 7.16. The first-order valence-electron chi connectivity index (χ1n) is 7.69. The number of rotatable bonds is 5. The van der Waals surface area contributed by atoms with Crippen molar-refractivity contribution in [1.29, 1.82) is 0 Å². The van der Waals surface area contributed by atoms with Crippen molar-refractivity contribution in [1.82, 2.24) is 0 Å². The third kappa shape index (κ3) is 4.08. The van der Waals surface area contributed by atoms with E-state index in [1.807, 2.05) is 0 Å². The summed E-state index contributed by atoms with van der Waals surface area (Å²) in [6.07, 6.45) is 3.45. The standard InChI is InChI=1S/C18H18N2O3S/c1-24(23)16-7-3-6-15(11-16)20-18(22)13-4-2-5-14(10-13)19-17(21)12-8-9-12/h2-7,10-12H,8-9H2,1H3,(H,19,21)(H,20,22)/t24-/m0/s1. The Bertz CT molecular complexity index is 815. The largest absolute Gasteiger partial charge is 0.326 e. The topological polar surface area (TPSA) is 75.3 Å². The lowest BCUT2D eigenvalue weighted by Gasteiger charge is -2.09. The molecule has 0 heterocycles. The van der Waals surface area contributed by atoms with Crippen LogP contribution >= 0.6 is 0 Å². The second-order valence-electron chi connectivity index (χ2n) is 5.78. The van der Waals surface area contributed by atoms with Crippen molar-refractivity contribution in [2.75, 3.05) is 16.9 Å². The van der Waals surface area contributed by atoms with Gasteiger partial charge < -0.3 is 10.6 Å². The molecule has 2 aromatic carbocycles. The highest BCUT2D eigenvalue weighted by Crippen LogP contribution is 2.30. The second kappa shape index (κ2) is 6.97. The normalized spacial score (nSPS) is 14.7.